The zero-order chi connectivity index (χ0) is 21.3. The Kier molecular flexibility index (Phi) is 6.53. The SMILES string of the molecule is COCCN1C(=O)C(=O)/C(=C(\O)c2cc(Cl)c(OC)c(Cl)c2)C1c1sccc1C. The number of carbonyl (C=O) groups is 2. The van der Waals surface area contributed by atoms with E-state index in [1.54, 1.807) is 0 Å². The lowest BCUT2D eigenvalue weighted by Gasteiger charge is -2.24. The summed E-state index contributed by atoms with van der Waals surface area (Å²) in [6.45, 7) is 2.36. The van der Waals surface area contributed by atoms with Crippen LogP contribution in [0.25, 0.3) is 5.76 Å². The molecule has 1 amide bonds. The van der Waals surface area contributed by atoms with E-state index in [9.17, 15) is 14.7 Å². The van der Waals surface area contributed by atoms with E-state index < -0.39 is 17.7 Å². The van der Waals surface area contributed by atoms with E-state index in [4.69, 9.17) is 32.7 Å². The van der Waals surface area contributed by atoms with E-state index in [0.717, 1.165) is 10.4 Å². The highest BCUT2D eigenvalue weighted by molar-refractivity contribution is 7.10. The summed E-state index contributed by atoms with van der Waals surface area (Å²) < 4.78 is 10.2. The molecule has 0 radical (unpaired) electrons. The van der Waals surface area contributed by atoms with Crippen molar-refractivity contribution in [3.63, 3.8) is 0 Å². The molecule has 154 valence electrons. The van der Waals surface area contributed by atoms with Crippen molar-refractivity contribution in [2.45, 2.75) is 13.0 Å². The number of rotatable bonds is 6. The number of carbonyl (C=O) groups excluding carboxylic acids is 2. The lowest BCUT2D eigenvalue weighted by atomic mass is 9.98. The number of halogens is 2. The molecule has 0 spiro atoms. The number of aliphatic hydroxyl groups excluding tert-OH is 1. The van der Waals surface area contributed by atoms with Crippen LogP contribution in [0, 0.1) is 6.92 Å². The fourth-order valence-electron chi connectivity index (χ4n) is 3.28. The molecule has 1 aliphatic rings. The van der Waals surface area contributed by atoms with Crippen molar-refractivity contribution in [1.82, 2.24) is 4.90 Å². The van der Waals surface area contributed by atoms with Crippen LogP contribution in [-0.4, -0.2) is 49.1 Å². The van der Waals surface area contributed by atoms with E-state index in [1.165, 1.54) is 42.6 Å². The van der Waals surface area contributed by atoms with Crippen LogP contribution in [0.1, 0.15) is 22.0 Å². The summed E-state index contributed by atoms with van der Waals surface area (Å²) in [5, 5.41) is 13.3. The predicted octanol–water partition coefficient (Wildman–Crippen LogP) is 4.44. The molecule has 1 aliphatic heterocycles. The highest BCUT2D eigenvalue weighted by Gasteiger charge is 2.46. The predicted molar refractivity (Wildman–Crippen MR) is 113 cm³/mol. The van der Waals surface area contributed by atoms with Crippen LogP contribution < -0.4 is 4.74 Å². The third kappa shape index (κ3) is 3.88. The van der Waals surface area contributed by atoms with E-state index in [1.807, 2.05) is 18.4 Å². The van der Waals surface area contributed by atoms with Crippen LogP contribution in [0.15, 0.2) is 29.2 Å². The highest BCUT2D eigenvalue weighted by atomic mass is 35.5. The number of hydrogen-bond donors (Lipinski definition) is 1. The molecule has 1 aromatic heterocycles. The van der Waals surface area contributed by atoms with Gasteiger partial charge in [0.05, 0.1) is 35.4 Å². The van der Waals surface area contributed by atoms with Crippen LogP contribution >= 0.6 is 34.5 Å². The summed E-state index contributed by atoms with van der Waals surface area (Å²) in [5.74, 6) is -1.53. The van der Waals surface area contributed by atoms with Gasteiger partial charge in [0, 0.05) is 24.1 Å². The van der Waals surface area contributed by atoms with Crippen LogP contribution in [0.5, 0.6) is 5.75 Å². The number of amides is 1. The minimum absolute atomic E-state index is 0.00560. The van der Waals surface area contributed by atoms with Crippen molar-refractivity contribution in [3.8, 4) is 5.75 Å². The number of ketones is 1. The molecule has 1 aromatic carbocycles. The van der Waals surface area contributed by atoms with Crippen LogP contribution in [0.2, 0.25) is 10.0 Å². The Morgan fingerprint density at radius 2 is 1.90 bits per heavy atom. The lowest BCUT2D eigenvalue weighted by Crippen LogP contribution is -2.32. The van der Waals surface area contributed by atoms with Gasteiger partial charge in [-0.2, -0.15) is 0 Å². The van der Waals surface area contributed by atoms with Gasteiger partial charge in [-0.25, -0.2) is 0 Å². The molecule has 1 saturated heterocycles. The number of nitrogens with zero attached hydrogens (tertiary/aromatic N) is 1. The number of aryl methyl sites for hydroxylation is 1. The van der Waals surface area contributed by atoms with Gasteiger partial charge in [0.1, 0.15) is 5.76 Å². The second-order valence-electron chi connectivity index (χ2n) is 6.43. The zero-order valence-corrected chi connectivity index (χ0v) is 18.3. The molecule has 6 nitrogen and oxygen atoms in total. The maximum atomic E-state index is 12.9. The number of Topliss-reactive ketones (excluding diaryl/α,β-unsaturated/α-hetero) is 1. The molecule has 1 atom stereocenters. The third-order valence-corrected chi connectivity index (χ3v) is 6.34. The van der Waals surface area contributed by atoms with Gasteiger partial charge < -0.3 is 19.5 Å². The van der Waals surface area contributed by atoms with Gasteiger partial charge in [-0.15, -0.1) is 11.3 Å². The fourth-order valence-corrected chi connectivity index (χ4v) is 4.97. The Morgan fingerprint density at radius 3 is 2.41 bits per heavy atom. The molecule has 2 heterocycles. The largest absolute Gasteiger partial charge is 0.507 e. The first kappa shape index (κ1) is 21.6. The molecular formula is C20H19Cl2NO5S. The average molecular weight is 456 g/mol. The minimum Gasteiger partial charge on any atom is -0.507 e. The summed E-state index contributed by atoms with van der Waals surface area (Å²) in [7, 11) is 2.94. The first-order chi connectivity index (χ1) is 13.8. The number of thiophene rings is 1. The van der Waals surface area contributed by atoms with Gasteiger partial charge in [-0.3, -0.25) is 9.59 Å². The molecule has 3 rings (SSSR count). The van der Waals surface area contributed by atoms with E-state index in [0.29, 0.717) is 0 Å². The number of likely N-dealkylation sites (tertiary alicyclic amines) is 1. The van der Waals surface area contributed by atoms with Gasteiger partial charge in [-0.1, -0.05) is 23.2 Å². The van der Waals surface area contributed by atoms with Gasteiger partial charge in [0.2, 0.25) is 0 Å². The highest BCUT2D eigenvalue weighted by Crippen LogP contribution is 2.43. The second kappa shape index (κ2) is 8.75. The van der Waals surface area contributed by atoms with E-state index in [2.05, 4.69) is 0 Å². The average Bonchev–Trinajstić information content (AvgIpc) is 3.20. The van der Waals surface area contributed by atoms with Gasteiger partial charge in [0.15, 0.2) is 5.75 Å². The number of hydrogen-bond acceptors (Lipinski definition) is 6. The summed E-state index contributed by atoms with van der Waals surface area (Å²) >= 11 is 13.8. The fraction of sp³-hybridized carbons (Fsp3) is 0.300. The Bertz CT molecular complexity index is 978. The molecule has 1 fully saturated rings. The molecule has 1 N–H and O–H groups in total. The molecule has 0 bridgehead atoms. The monoisotopic (exact) mass is 455 g/mol. The summed E-state index contributed by atoms with van der Waals surface area (Å²) in [5.41, 5.74) is 1.14. The Labute approximate surface area is 182 Å². The smallest absolute Gasteiger partial charge is 0.295 e. The van der Waals surface area contributed by atoms with Gasteiger partial charge in [0.25, 0.3) is 11.7 Å². The zero-order valence-electron chi connectivity index (χ0n) is 16.0. The standard InChI is InChI=1S/C20H19Cl2NO5S/c1-10-4-7-29-19(10)15-14(17(25)20(26)23(15)5-6-27-2)16(24)11-8-12(21)18(28-3)13(22)9-11/h4,7-9,15,24H,5-6H2,1-3H3/b16-14-. The van der Waals surface area contributed by atoms with Gasteiger partial charge in [-0.05, 0) is 36.1 Å². The maximum absolute atomic E-state index is 12.9. The number of benzene rings is 1. The first-order valence-corrected chi connectivity index (χ1v) is 10.3. The van der Waals surface area contributed by atoms with Gasteiger partial charge >= 0.3 is 0 Å². The number of aliphatic hydroxyl groups is 1. The summed E-state index contributed by atoms with van der Waals surface area (Å²) in [4.78, 5) is 27.8. The topological polar surface area (TPSA) is 76.1 Å². The Balaban J connectivity index is 2.20. The van der Waals surface area contributed by atoms with Crippen molar-refractivity contribution in [1.29, 1.82) is 0 Å². The Hall–Kier alpha value is -2.06. The van der Waals surface area contributed by atoms with Crippen molar-refractivity contribution in [2.24, 2.45) is 0 Å². The quantitative estimate of drug-likeness (QED) is 0.395. The molecule has 2 aromatic rings. The number of methoxy groups -OCH3 is 2. The van der Waals surface area contributed by atoms with E-state index in [-0.39, 0.29) is 45.8 Å². The molecular weight excluding hydrogens is 437 g/mol. The first-order valence-electron chi connectivity index (χ1n) is 8.66. The molecule has 0 aliphatic carbocycles. The summed E-state index contributed by atoms with van der Waals surface area (Å²) in [6, 6.07) is 4.08. The normalized spacial score (nSPS) is 18.5. The van der Waals surface area contributed by atoms with Crippen molar-refractivity contribution in [3.05, 3.63) is 55.2 Å². The molecule has 1 unspecified atom stereocenters. The second-order valence-corrected chi connectivity index (χ2v) is 8.19. The van der Waals surface area contributed by atoms with Crippen LogP contribution in [0.4, 0.5) is 0 Å². The van der Waals surface area contributed by atoms with Crippen molar-refractivity contribution in [2.75, 3.05) is 27.4 Å². The Morgan fingerprint density at radius 1 is 1.24 bits per heavy atom. The number of ether oxygens (including phenoxy) is 2. The molecule has 9 heteroatoms. The molecule has 29 heavy (non-hydrogen) atoms. The van der Waals surface area contributed by atoms with E-state index >= 15 is 0 Å². The lowest BCUT2D eigenvalue weighted by molar-refractivity contribution is -0.140. The minimum atomic E-state index is -0.764. The molecule has 0 saturated carbocycles. The summed E-state index contributed by atoms with van der Waals surface area (Å²) in [6.07, 6.45) is 0. The van der Waals surface area contributed by atoms with Crippen LogP contribution in [-0.2, 0) is 14.3 Å². The van der Waals surface area contributed by atoms with Crippen molar-refractivity contribution >= 4 is 52.0 Å². The third-order valence-electron chi connectivity index (χ3n) is 4.70. The maximum Gasteiger partial charge on any atom is 0.295 e. The van der Waals surface area contributed by atoms with Crippen LogP contribution in [0.3, 0.4) is 0 Å². The van der Waals surface area contributed by atoms with Crippen molar-refractivity contribution < 1.29 is 24.2 Å².